The third-order valence-corrected chi connectivity index (χ3v) is 4.71. The fourth-order valence-corrected chi connectivity index (χ4v) is 3.27. The van der Waals surface area contributed by atoms with Crippen molar-refractivity contribution in [2.75, 3.05) is 6.61 Å². The molecule has 1 aromatic carbocycles. The first-order chi connectivity index (χ1) is 11.0. The summed E-state index contributed by atoms with van der Waals surface area (Å²) in [6.07, 6.45) is 3.29. The lowest BCUT2D eigenvalue weighted by Gasteiger charge is -2.28. The summed E-state index contributed by atoms with van der Waals surface area (Å²) >= 11 is 0. The standard InChI is InChI=1S/C19H21NO3/c1-4-12(2)17-19(3,11-21)15-16(23-17)14(10-20-18(15)22)13-8-6-5-7-9-13/h4-10,17,21H,11H2,1-3H3,(H,20,22)/b12-4+/t17-,19+/m0/s1. The predicted molar refractivity (Wildman–Crippen MR) is 90.8 cm³/mol. The van der Waals surface area contributed by atoms with E-state index >= 15 is 0 Å². The number of aromatic amines is 1. The highest BCUT2D eigenvalue weighted by molar-refractivity contribution is 5.73. The van der Waals surface area contributed by atoms with Crippen LogP contribution in [0.5, 0.6) is 5.75 Å². The normalized spacial score (nSPS) is 23.5. The van der Waals surface area contributed by atoms with E-state index in [2.05, 4.69) is 4.98 Å². The number of allylic oxidation sites excluding steroid dienone is 1. The van der Waals surface area contributed by atoms with Crippen molar-refractivity contribution in [2.24, 2.45) is 0 Å². The van der Waals surface area contributed by atoms with Gasteiger partial charge in [0.25, 0.3) is 5.56 Å². The molecule has 0 unspecified atom stereocenters. The molecule has 2 aromatic rings. The fourth-order valence-electron chi connectivity index (χ4n) is 3.27. The van der Waals surface area contributed by atoms with Crippen LogP contribution < -0.4 is 10.3 Å². The Balaban J connectivity index is 2.26. The molecule has 0 bridgehead atoms. The highest BCUT2D eigenvalue weighted by Crippen LogP contribution is 2.47. The van der Waals surface area contributed by atoms with E-state index in [4.69, 9.17) is 4.74 Å². The van der Waals surface area contributed by atoms with Crippen molar-refractivity contribution >= 4 is 0 Å². The molecular formula is C19H21NO3. The van der Waals surface area contributed by atoms with Crippen molar-refractivity contribution in [1.29, 1.82) is 0 Å². The zero-order valence-electron chi connectivity index (χ0n) is 13.6. The number of benzene rings is 1. The van der Waals surface area contributed by atoms with Crippen molar-refractivity contribution in [3.8, 4) is 16.9 Å². The Labute approximate surface area is 135 Å². The van der Waals surface area contributed by atoms with Gasteiger partial charge in [-0.15, -0.1) is 0 Å². The van der Waals surface area contributed by atoms with Crippen LogP contribution in [0.1, 0.15) is 26.3 Å². The molecule has 1 aliphatic heterocycles. The molecule has 2 heterocycles. The predicted octanol–water partition coefficient (Wildman–Crippen LogP) is 3.02. The van der Waals surface area contributed by atoms with E-state index in [9.17, 15) is 9.90 Å². The second kappa shape index (κ2) is 5.70. The Morgan fingerprint density at radius 1 is 1.39 bits per heavy atom. The monoisotopic (exact) mass is 311 g/mol. The summed E-state index contributed by atoms with van der Waals surface area (Å²) < 4.78 is 6.18. The number of pyridine rings is 1. The molecular weight excluding hydrogens is 290 g/mol. The Hall–Kier alpha value is -2.33. The van der Waals surface area contributed by atoms with E-state index in [1.54, 1.807) is 6.20 Å². The number of nitrogens with one attached hydrogen (secondary N) is 1. The zero-order chi connectivity index (χ0) is 16.6. The molecule has 4 heteroatoms. The molecule has 0 saturated carbocycles. The molecule has 3 rings (SSSR count). The first-order valence-electron chi connectivity index (χ1n) is 7.75. The molecule has 1 aliphatic rings. The highest BCUT2D eigenvalue weighted by atomic mass is 16.5. The summed E-state index contributed by atoms with van der Waals surface area (Å²) in [5.74, 6) is 0.572. The van der Waals surface area contributed by atoms with Crippen LogP contribution in [0, 0.1) is 0 Å². The van der Waals surface area contributed by atoms with Crippen LogP contribution >= 0.6 is 0 Å². The third-order valence-electron chi connectivity index (χ3n) is 4.71. The molecule has 1 aromatic heterocycles. The number of hydrogen-bond acceptors (Lipinski definition) is 3. The minimum Gasteiger partial charge on any atom is -0.484 e. The van der Waals surface area contributed by atoms with Gasteiger partial charge in [0.2, 0.25) is 0 Å². The van der Waals surface area contributed by atoms with Gasteiger partial charge in [-0.1, -0.05) is 36.4 Å². The van der Waals surface area contributed by atoms with Crippen molar-refractivity contribution < 1.29 is 9.84 Å². The molecule has 0 aliphatic carbocycles. The molecule has 0 radical (unpaired) electrons. The zero-order valence-corrected chi connectivity index (χ0v) is 13.6. The lowest BCUT2D eigenvalue weighted by atomic mass is 9.77. The summed E-state index contributed by atoms with van der Waals surface area (Å²) in [6.45, 7) is 5.61. The number of hydrogen-bond donors (Lipinski definition) is 2. The number of aliphatic hydroxyl groups excluding tert-OH is 1. The molecule has 0 fully saturated rings. The Morgan fingerprint density at radius 3 is 2.70 bits per heavy atom. The van der Waals surface area contributed by atoms with Gasteiger partial charge in [-0.25, -0.2) is 0 Å². The third kappa shape index (κ3) is 2.30. The van der Waals surface area contributed by atoms with E-state index in [0.29, 0.717) is 11.3 Å². The summed E-state index contributed by atoms with van der Waals surface area (Å²) in [5.41, 5.74) is 2.36. The van der Waals surface area contributed by atoms with Gasteiger partial charge < -0.3 is 14.8 Å². The molecule has 120 valence electrons. The lowest BCUT2D eigenvalue weighted by Crippen LogP contribution is -2.42. The van der Waals surface area contributed by atoms with Gasteiger partial charge in [-0.2, -0.15) is 0 Å². The first kappa shape index (κ1) is 15.6. The molecule has 0 saturated heterocycles. The lowest BCUT2D eigenvalue weighted by molar-refractivity contribution is 0.122. The summed E-state index contributed by atoms with van der Waals surface area (Å²) in [6, 6.07) is 9.79. The van der Waals surface area contributed by atoms with Gasteiger partial charge in [-0.05, 0) is 31.9 Å². The second-order valence-corrected chi connectivity index (χ2v) is 6.21. The van der Waals surface area contributed by atoms with E-state index in [0.717, 1.165) is 16.7 Å². The Bertz CT molecular complexity index is 807. The van der Waals surface area contributed by atoms with E-state index in [1.807, 2.05) is 57.2 Å². The molecule has 2 N–H and O–H groups in total. The smallest absolute Gasteiger partial charge is 0.255 e. The minimum atomic E-state index is -0.760. The number of aliphatic hydroxyl groups is 1. The molecule has 0 amide bonds. The van der Waals surface area contributed by atoms with Crippen molar-refractivity contribution in [1.82, 2.24) is 4.98 Å². The molecule has 4 nitrogen and oxygen atoms in total. The van der Waals surface area contributed by atoms with Crippen molar-refractivity contribution in [3.05, 3.63) is 64.1 Å². The summed E-state index contributed by atoms with van der Waals surface area (Å²) in [7, 11) is 0. The maximum absolute atomic E-state index is 12.5. The van der Waals surface area contributed by atoms with Crippen LogP contribution in [-0.2, 0) is 5.41 Å². The number of aromatic nitrogens is 1. The maximum atomic E-state index is 12.5. The average molecular weight is 311 g/mol. The topological polar surface area (TPSA) is 62.3 Å². The van der Waals surface area contributed by atoms with Gasteiger partial charge in [0, 0.05) is 11.8 Å². The van der Waals surface area contributed by atoms with Crippen LogP contribution in [0.4, 0.5) is 0 Å². The van der Waals surface area contributed by atoms with Crippen LogP contribution in [-0.4, -0.2) is 22.8 Å². The van der Waals surface area contributed by atoms with Gasteiger partial charge in [0.05, 0.1) is 17.6 Å². The van der Waals surface area contributed by atoms with Crippen LogP contribution in [0.15, 0.2) is 53.0 Å². The van der Waals surface area contributed by atoms with Crippen LogP contribution in [0.25, 0.3) is 11.1 Å². The van der Waals surface area contributed by atoms with Crippen LogP contribution in [0.2, 0.25) is 0 Å². The average Bonchev–Trinajstić information content (AvgIpc) is 2.90. The summed E-state index contributed by atoms with van der Waals surface area (Å²) in [5, 5.41) is 10.0. The van der Waals surface area contributed by atoms with E-state index < -0.39 is 5.41 Å². The number of rotatable bonds is 3. The maximum Gasteiger partial charge on any atom is 0.255 e. The van der Waals surface area contributed by atoms with E-state index in [1.165, 1.54) is 0 Å². The highest BCUT2D eigenvalue weighted by Gasteiger charge is 2.48. The number of ether oxygens (including phenoxy) is 1. The first-order valence-corrected chi connectivity index (χ1v) is 7.75. The van der Waals surface area contributed by atoms with Crippen molar-refractivity contribution in [2.45, 2.75) is 32.3 Å². The van der Waals surface area contributed by atoms with E-state index in [-0.39, 0.29) is 18.3 Å². The molecule has 23 heavy (non-hydrogen) atoms. The fraction of sp³-hybridized carbons (Fsp3) is 0.316. The molecule has 0 spiro atoms. The van der Waals surface area contributed by atoms with Gasteiger partial charge in [-0.3, -0.25) is 4.79 Å². The van der Waals surface area contributed by atoms with Crippen LogP contribution in [0.3, 0.4) is 0 Å². The minimum absolute atomic E-state index is 0.156. The largest absolute Gasteiger partial charge is 0.484 e. The quantitative estimate of drug-likeness (QED) is 0.857. The van der Waals surface area contributed by atoms with Gasteiger partial charge in [0.15, 0.2) is 0 Å². The Morgan fingerprint density at radius 2 is 2.09 bits per heavy atom. The number of fused-ring (bicyclic) bond motifs is 1. The van der Waals surface area contributed by atoms with Gasteiger partial charge in [0.1, 0.15) is 11.9 Å². The SMILES string of the molecule is C/C=C(\C)[C@@H]1Oc2c(-c3ccccc3)c[nH]c(=O)c2[C@@]1(C)CO. The second-order valence-electron chi connectivity index (χ2n) is 6.21. The van der Waals surface area contributed by atoms with Gasteiger partial charge >= 0.3 is 0 Å². The molecule has 2 atom stereocenters. The Kier molecular flexibility index (Phi) is 3.86. The summed E-state index contributed by atoms with van der Waals surface area (Å²) in [4.78, 5) is 15.3. The van der Waals surface area contributed by atoms with Crippen molar-refractivity contribution in [3.63, 3.8) is 0 Å². The number of H-pyrrole nitrogens is 1.